The van der Waals surface area contributed by atoms with Crippen molar-refractivity contribution in [2.75, 3.05) is 12.0 Å². The Kier molecular flexibility index (Phi) is 3.80. The average molecular weight is 239 g/mol. The second-order valence-electron chi connectivity index (χ2n) is 3.17. The van der Waals surface area contributed by atoms with E-state index in [1.807, 2.05) is 24.2 Å². The van der Waals surface area contributed by atoms with Crippen LogP contribution >= 0.6 is 23.1 Å². The fraction of sp³-hybridized carbons (Fsp3) is 0.400. The standard InChI is InChI=1S/C10H13N3S2/c1-14-6-3-5-13-8-11-12-10(13)9-4-2-7-15-9/h2,4,7-8H,3,5-6H2,1H3. The Morgan fingerprint density at radius 3 is 3.20 bits per heavy atom. The lowest BCUT2D eigenvalue weighted by Crippen LogP contribution is -1.99. The van der Waals surface area contributed by atoms with Gasteiger partial charge in [-0.1, -0.05) is 6.07 Å². The maximum absolute atomic E-state index is 4.15. The van der Waals surface area contributed by atoms with Gasteiger partial charge in [0.1, 0.15) is 6.33 Å². The summed E-state index contributed by atoms with van der Waals surface area (Å²) in [4.78, 5) is 1.19. The first kappa shape index (κ1) is 10.7. The number of nitrogens with zero attached hydrogens (tertiary/aromatic N) is 3. The predicted molar refractivity (Wildman–Crippen MR) is 66.3 cm³/mol. The lowest BCUT2D eigenvalue weighted by Gasteiger charge is -2.03. The van der Waals surface area contributed by atoms with E-state index in [0.717, 1.165) is 18.8 Å². The van der Waals surface area contributed by atoms with E-state index in [2.05, 4.69) is 32.5 Å². The van der Waals surface area contributed by atoms with Gasteiger partial charge in [0.2, 0.25) is 0 Å². The third-order valence-electron chi connectivity index (χ3n) is 2.10. The van der Waals surface area contributed by atoms with Crippen molar-refractivity contribution in [2.45, 2.75) is 13.0 Å². The van der Waals surface area contributed by atoms with Gasteiger partial charge in [-0.25, -0.2) is 0 Å². The van der Waals surface area contributed by atoms with Crippen LogP contribution in [0.5, 0.6) is 0 Å². The van der Waals surface area contributed by atoms with Crippen LogP contribution in [-0.4, -0.2) is 26.8 Å². The number of aryl methyl sites for hydroxylation is 1. The average Bonchev–Trinajstić information content (AvgIpc) is 2.87. The summed E-state index contributed by atoms with van der Waals surface area (Å²) in [5.41, 5.74) is 0. The Labute approximate surface area is 97.5 Å². The topological polar surface area (TPSA) is 30.7 Å². The summed E-state index contributed by atoms with van der Waals surface area (Å²) in [6.07, 6.45) is 5.11. The van der Waals surface area contributed by atoms with E-state index in [0.29, 0.717) is 0 Å². The van der Waals surface area contributed by atoms with Crippen LogP contribution in [0, 0.1) is 0 Å². The van der Waals surface area contributed by atoms with Crippen molar-refractivity contribution in [2.24, 2.45) is 0 Å². The van der Waals surface area contributed by atoms with Gasteiger partial charge in [-0.3, -0.25) is 0 Å². The molecule has 0 unspecified atom stereocenters. The van der Waals surface area contributed by atoms with Crippen LogP contribution in [0.1, 0.15) is 6.42 Å². The second kappa shape index (κ2) is 5.32. The summed E-state index contributed by atoms with van der Waals surface area (Å²) < 4.78 is 2.13. The van der Waals surface area contributed by atoms with Gasteiger partial charge in [0.15, 0.2) is 5.82 Å². The van der Waals surface area contributed by atoms with E-state index < -0.39 is 0 Å². The van der Waals surface area contributed by atoms with Crippen molar-refractivity contribution in [1.82, 2.24) is 14.8 Å². The van der Waals surface area contributed by atoms with Crippen molar-refractivity contribution >= 4 is 23.1 Å². The molecule has 0 N–H and O–H groups in total. The minimum atomic E-state index is 0.992. The molecule has 2 aromatic heterocycles. The zero-order chi connectivity index (χ0) is 10.5. The van der Waals surface area contributed by atoms with Crippen molar-refractivity contribution < 1.29 is 0 Å². The van der Waals surface area contributed by atoms with E-state index in [9.17, 15) is 0 Å². The first-order valence-corrected chi connectivity index (χ1v) is 7.10. The molecule has 15 heavy (non-hydrogen) atoms. The van der Waals surface area contributed by atoms with Crippen LogP contribution < -0.4 is 0 Å². The van der Waals surface area contributed by atoms with E-state index in [-0.39, 0.29) is 0 Å². The molecule has 0 bridgehead atoms. The molecular weight excluding hydrogens is 226 g/mol. The van der Waals surface area contributed by atoms with Gasteiger partial charge in [0.05, 0.1) is 4.88 Å². The van der Waals surface area contributed by atoms with Crippen LogP contribution in [0.2, 0.25) is 0 Å². The Morgan fingerprint density at radius 1 is 1.53 bits per heavy atom. The number of thioether (sulfide) groups is 1. The van der Waals surface area contributed by atoms with Gasteiger partial charge in [-0.05, 0) is 29.9 Å². The minimum absolute atomic E-state index is 0.992. The molecular formula is C10H13N3S2. The Hall–Kier alpha value is -0.810. The van der Waals surface area contributed by atoms with Crippen LogP contribution in [-0.2, 0) is 6.54 Å². The van der Waals surface area contributed by atoms with Crippen LogP contribution in [0.15, 0.2) is 23.8 Å². The third kappa shape index (κ3) is 2.60. The highest BCUT2D eigenvalue weighted by Gasteiger charge is 2.06. The highest BCUT2D eigenvalue weighted by molar-refractivity contribution is 7.98. The van der Waals surface area contributed by atoms with E-state index in [1.54, 1.807) is 11.3 Å². The van der Waals surface area contributed by atoms with Crippen molar-refractivity contribution in [3.8, 4) is 10.7 Å². The largest absolute Gasteiger partial charge is 0.313 e. The number of hydrogen-bond donors (Lipinski definition) is 0. The van der Waals surface area contributed by atoms with E-state index in [4.69, 9.17) is 0 Å². The maximum atomic E-state index is 4.15. The first-order valence-electron chi connectivity index (χ1n) is 4.82. The number of thiophene rings is 1. The van der Waals surface area contributed by atoms with E-state index >= 15 is 0 Å². The molecule has 0 saturated heterocycles. The molecule has 0 aliphatic rings. The molecule has 80 valence electrons. The van der Waals surface area contributed by atoms with Gasteiger partial charge < -0.3 is 4.57 Å². The van der Waals surface area contributed by atoms with Gasteiger partial charge in [0.25, 0.3) is 0 Å². The molecule has 2 heterocycles. The molecule has 0 radical (unpaired) electrons. The summed E-state index contributed by atoms with van der Waals surface area (Å²) in [5, 5.41) is 10.2. The molecule has 0 saturated carbocycles. The first-order chi connectivity index (χ1) is 7.42. The molecule has 2 rings (SSSR count). The smallest absolute Gasteiger partial charge is 0.173 e. The normalized spacial score (nSPS) is 10.7. The summed E-state index contributed by atoms with van der Waals surface area (Å²) in [6, 6.07) is 4.13. The van der Waals surface area contributed by atoms with Crippen molar-refractivity contribution in [1.29, 1.82) is 0 Å². The van der Waals surface area contributed by atoms with Gasteiger partial charge >= 0.3 is 0 Å². The number of aromatic nitrogens is 3. The predicted octanol–water partition coefficient (Wildman–Crippen LogP) is 2.76. The molecule has 0 amide bonds. The Balaban J connectivity index is 2.09. The fourth-order valence-electron chi connectivity index (χ4n) is 1.39. The van der Waals surface area contributed by atoms with Gasteiger partial charge in [0, 0.05) is 6.54 Å². The van der Waals surface area contributed by atoms with Crippen LogP contribution in [0.3, 0.4) is 0 Å². The second-order valence-corrected chi connectivity index (χ2v) is 5.10. The molecule has 2 aromatic rings. The van der Waals surface area contributed by atoms with Gasteiger partial charge in [-0.2, -0.15) is 11.8 Å². The van der Waals surface area contributed by atoms with Crippen molar-refractivity contribution in [3.63, 3.8) is 0 Å². The molecule has 5 heteroatoms. The summed E-state index contributed by atoms with van der Waals surface area (Å²) in [5.74, 6) is 2.17. The molecule has 3 nitrogen and oxygen atoms in total. The molecule has 0 atom stereocenters. The molecule has 0 spiro atoms. The molecule has 0 aliphatic carbocycles. The lowest BCUT2D eigenvalue weighted by molar-refractivity contribution is 0.689. The lowest BCUT2D eigenvalue weighted by atomic mass is 10.4. The molecule has 0 fully saturated rings. The molecule has 0 aromatic carbocycles. The number of rotatable bonds is 5. The van der Waals surface area contributed by atoms with Crippen LogP contribution in [0.25, 0.3) is 10.7 Å². The Morgan fingerprint density at radius 2 is 2.47 bits per heavy atom. The quantitative estimate of drug-likeness (QED) is 0.752. The van der Waals surface area contributed by atoms with Crippen molar-refractivity contribution in [3.05, 3.63) is 23.8 Å². The summed E-state index contributed by atoms with van der Waals surface area (Å²) >= 11 is 3.58. The summed E-state index contributed by atoms with van der Waals surface area (Å²) in [6.45, 7) is 1.00. The zero-order valence-electron chi connectivity index (χ0n) is 8.59. The maximum Gasteiger partial charge on any atom is 0.173 e. The third-order valence-corrected chi connectivity index (χ3v) is 3.67. The van der Waals surface area contributed by atoms with Gasteiger partial charge in [-0.15, -0.1) is 21.5 Å². The Bertz CT molecular complexity index is 394. The SMILES string of the molecule is CSCCCn1cnnc1-c1cccs1. The van der Waals surface area contributed by atoms with Crippen LogP contribution in [0.4, 0.5) is 0 Å². The zero-order valence-corrected chi connectivity index (χ0v) is 10.2. The highest BCUT2D eigenvalue weighted by atomic mass is 32.2. The molecule has 0 aliphatic heterocycles. The fourth-order valence-corrected chi connectivity index (χ4v) is 2.54. The number of hydrogen-bond acceptors (Lipinski definition) is 4. The monoisotopic (exact) mass is 239 g/mol. The minimum Gasteiger partial charge on any atom is -0.313 e. The highest BCUT2D eigenvalue weighted by Crippen LogP contribution is 2.22. The van der Waals surface area contributed by atoms with E-state index in [1.165, 1.54) is 10.6 Å². The summed E-state index contributed by atoms with van der Waals surface area (Å²) in [7, 11) is 0.